The molecule has 0 fully saturated rings. The molecule has 0 amide bonds. The molecule has 0 aliphatic heterocycles. The van der Waals surface area contributed by atoms with Crippen molar-refractivity contribution in [2.24, 2.45) is 0 Å². The molecule has 126 valence electrons. The average molecular weight is 389 g/mol. The monoisotopic (exact) mass is 388 g/mol. The minimum atomic E-state index is -0.153. The number of hydrogen-bond acceptors (Lipinski definition) is 4. The molecule has 1 N–H and O–H groups in total. The zero-order valence-corrected chi connectivity index (χ0v) is 15.6. The third kappa shape index (κ3) is 3.06. The quantitative estimate of drug-likeness (QED) is 0.532. The van der Waals surface area contributed by atoms with Crippen LogP contribution in [0.25, 0.3) is 16.0 Å². The molecule has 0 saturated heterocycles. The maximum absolute atomic E-state index is 12.8. The van der Waals surface area contributed by atoms with Crippen molar-refractivity contribution in [1.29, 1.82) is 0 Å². The Balaban J connectivity index is 1.75. The van der Waals surface area contributed by atoms with Gasteiger partial charge in [-0.25, -0.2) is 4.57 Å². The molecule has 4 aromatic rings. The number of aromatic amines is 1. The molecule has 0 saturated carbocycles. The summed E-state index contributed by atoms with van der Waals surface area (Å²) in [6, 6.07) is 11.2. The number of aryl methyl sites for hydroxylation is 1. The average Bonchev–Trinajstić information content (AvgIpc) is 3.16. The van der Waals surface area contributed by atoms with Crippen LogP contribution < -0.4 is 5.56 Å². The summed E-state index contributed by atoms with van der Waals surface area (Å²) < 4.78 is 3.54. The van der Waals surface area contributed by atoms with Gasteiger partial charge in [-0.05, 0) is 42.9 Å². The van der Waals surface area contributed by atoms with Crippen LogP contribution in [0.5, 0.6) is 0 Å². The lowest BCUT2D eigenvalue weighted by Gasteiger charge is -2.04. The molecule has 5 nitrogen and oxygen atoms in total. The zero-order valence-electron chi connectivity index (χ0n) is 13.2. The van der Waals surface area contributed by atoms with E-state index < -0.39 is 0 Å². The standard InChI is InChI=1S/C17H13ClN4OS2/c1-10-8-13-15(25-10)19-17(24)22(16(13)23)14-6-7-21(20-14)9-11-2-4-12(18)5-3-11/h2-8H,9H2,1H3,(H,19,24). The number of rotatable bonds is 3. The maximum atomic E-state index is 12.8. The van der Waals surface area contributed by atoms with Crippen LogP contribution in [0.1, 0.15) is 10.4 Å². The molecule has 0 spiro atoms. The van der Waals surface area contributed by atoms with E-state index in [1.807, 2.05) is 43.5 Å². The van der Waals surface area contributed by atoms with Crippen molar-refractivity contribution in [3.05, 3.63) is 73.2 Å². The van der Waals surface area contributed by atoms with Crippen LogP contribution in [0.15, 0.2) is 47.4 Å². The summed E-state index contributed by atoms with van der Waals surface area (Å²) in [6.07, 6.45) is 1.83. The number of thiophene rings is 1. The maximum Gasteiger partial charge on any atom is 0.268 e. The molecular weight excluding hydrogens is 376 g/mol. The van der Waals surface area contributed by atoms with E-state index in [0.29, 0.717) is 27.5 Å². The second-order valence-corrected chi connectivity index (χ2v) is 7.75. The highest BCUT2D eigenvalue weighted by atomic mass is 35.5. The van der Waals surface area contributed by atoms with Gasteiger partial charge >= 0.3 is 0 Å². The molecule has 3 aromatic heterocycles. The van der Waals surface area contributed by atoms with Gasteiger partial charge < -0.3 is 4.98 Å². The number of H-pyrrole nitrogens is 1. The summed E-state index contributed by atoms with van der Waals surface area (Å²) in [4.78, 5) is 17.8. The molecule has 0 radical (unpaired) electrons. The van der Waals surface area contributed by atoms with E-state index in [-0.39, 0.29) is 5.56 Å². The fourth-order valence-corrected chi connectivity index (χ4v) is 4.05. The first-order valence-corrected chi connectivity index (χ1v) is 9.15. The Labute approximate surface area is 157 Å². The molecule has 8 heteroatoms. The molecule has 0 unspecified atom stereocenters. The van der Waals surface area contributed by atoms with E-state index in [0.717, 1.165) is 15.3 Å². The lowest BCUT2D eigenvalue weighted by molar-refractivity contribution is 0.674. The minimum Gasteiger partial charge on any atom is -0.323 e. The van der Waals surface area contributed by atoms with E-state index >= 15 is 0 Å². The van der Waals surface area contributed by atoms with Gasteiger partial charge in [-0.1, -0.05) is 23.7 Å². The van der Waals surface area contributed by atoms with E-state index in [4.69, 9.17) is 23.8 Å². The number of nitrogens with one attached hydrogen (secondary N) is 1. The highest BCUT2D eigenvalue weighted by Gasteiger charge is 2.12. The predicted octanol–water partition coefficient (Wildman–Crippen LogP) is 4.32. The highest BCUT2D eigenvalue weighted by Crippen LogP contribution is 2.20. The number of hydrogen-bond donors (Lipinski definition) is 1. The second-order valence-electron chi connectivity index (χ2n) is 5.67. The largest absolute Gasteiger partial charge is 0.323 e. The van der Waals surface area contributed by atoms with E-state index in [1.165, 1.54) is 15.9 Å². The van der Waals surface area contributed by atoms with Gasteiger partial charge in [0.1, 0.15) is 4.83 Å². The second kappa shape index (κ2) is 6.25. The molecular formula is C17H13ClN4OS2. The topological polar surface area (TPSA) is 55.6 Å². The Morgan fingerprint density at radius 3 is 2.80 bits per heavy atom. The number of nitrogens with zero attached hydrogens (tertiary/aromatic N) is 3. The Hall–Kier alpha value is -2.22. The summed E-state index contributed by atoms with van der Waals surface area (Å²) >= 11 is 12.8. The van der Waals surface area contributed by atoms with Crippen molar-refractivity contribution >= 4 is 45.4 Å². The molecule has 4 rings (SSSR count). The van der Waals surface area contributed by atoms with Crippen molar-refractivity contribution in [3.63, 3.8) is 0 Å². The minimum absolute atomic E-state index is 0.153. The van der Waals surface area contributed by atoms with Crippen LogP contribution >= 0.6 is 35.2 Å². The summed E-state index contributed by atoms with van der Waals surface area (Å²) in [7, 11) is 0. The summed E-state index contributed by atoms with van der Waals surface area (Å²) in [5.74, 6) is 0.506. The van der Waals surface area contributed by atoms with Gasteiger partial charge in [0.15, 0.2) is 10.6 Å². The van der Waals surface area contributed by atoms with Gasteiger partial charge in [-0.15, -0.1) is 11.3 Å². The van der Waals surface area contributed by atoms with Gasteiger partial charge in [0.25, 0.3) is 5.56 Å². The summed E-state index contributed by atoms with van der Waals surface area (Å²) in [6.45, 7) is 2.55. The Morgan fingerprint density at radius 1 is 1.28 bits per heavy atom. The third-order valence-electron chi connectivity index (χ3n) is 3.83. The van der Waals surface area contributed by atoms with Gasteiger partial charge in [0, 0.05) is 22.2 Å². The van der Waals surface area contributed by atoms with Crippen LogP contribution in [-0.4, -0.2) is 19.3 Å². The Bertz CT molecular complexity index is 1180. The summed E-state index contributed by atoms with van der Waals surface area (Å²) in [5.41, 5.74) is 0.917. The van der Waals surface area contributed by atoms with Crippen LogP contribution in [0.2, 0.25) is 5.02 Å². The smallest absolute Gasteiger partial charge is 0.268 e. The van der Waals surface area contributed by atoms with Crippen LogP contribution in [0.4, 0.5) is 0 Å². The molecule has 0 aliphatic carbocycles. The lowest BCUT2D eigenvalue weighted by atomic mass is 10.2. The van der Waals surface area contributed by atoms with E-state index in [1.54, 1.807) is 10.7 Å². The van der Waals surface area contributed by atoms with Crippen LogP contribution in [0, 0.1) is 11.7 Å². The molecule has 0 bridgehead atoms. The molecule has 1 aromatic carbocycles. The van der Waals surface area contributed by atoms with Gasteiger partial charge in [0.05, 0.1) is 11.9 Å². The third-order valence-corrected chi connectivity index (χ3v) is 5.33. The van der Waals surface area contributed by atoms with Gasteiger partial charge in [-0.3, -0.25) is 9.48 Å². The summed E-state index contributed by atoms with van der Waals surface area (Å²) in [5, 5.41) is 5.82. The number of fused-ring (bicyclic) bond motifs is 1. The van der Waals surface area contributed by atoms with Crippen molar-refractivity contribution in [2.75, 3.05) is 0 Å². The number of aromatic nitrogens is 4. The predicted molar refractivity (Wildman–Crippen MR) is 104 cm³/mol. The van der Waals surface area contributed by atoms with Crippen LogP contribution in [0.3, 0.4) is 0 Å². The Morgan fingerprint density at radius 2 is 2.04 bits per heavy atom. The van der Waals surface area contributed by atoms with Gasteiger partial charge in [-0.2, -0.15) is 5.10 Å². The molecule has 0 aliphatic rings. The number of benzene rings is 1. The fourth-order valence-electron chi connectivity index (χ4n) is 2.67. The van der Waals surface area contributed by atoms with Crippen molar-refractivity contribution in [3.8, 4) is 5.82 Å². The van der Waals surface area contributed by atoms with Crippen molar-refractivity contribution in [1.82, 2.24) is 19.3 Å². The first-order valence-electron chi connectivity index (χ1n) is 7.55. The van der Waals surface area contributed by atoms with Crippen molar-refractivity contribution in [2.45, 2.75) is 13.5 Å². The lowest BCUT2D eigenvalue weighted by Crippen LogP contribution is -2.20. The van der Waals surface area contributed by atoms with Crippen molar-refractivity contribution < 1.29 is 0 Å². The van der Waals surface area contributed by atoms with Gasteiger partial charge in [0.2, 0.25) is 0 Å². The first kappa shape index (κ1) is 16.3. The molecule has 3 heterocycles. The SMILES string of the molecule is Cc1cc2c(=O)n(-c3ccn(Cc4ccc(Cl)cc4)n3)c(=S)[nH]c2s1. The zero-order chi connectivity index (χ0) is 17.6. The van der Waals surface area contributed by atoms with E-state index in [9.17, 15) is 4.79 Å². The molecule has 0 atom stereocenters. The number of halogens is 1. The normalized spacial score (nSPS) is 11.3. The first-order chi connectivity index (χ1) is 12.0. The Kier molecular flexibility index (Phi) is 4.07. The van der Waals surface area contributed by atoms with E-state index in [2.05, 4.69) is 10.1 Å². The van der Waals surface area contributed by atoms with Crippen LogP contribution in [-0.2, 0) is 6.54 Å². The highest BCUT2D eigenvalue weighted by molar-refractivity contribution is 7.71. The molecule has 25 heavy (non-hydrogen) atoms. The fraction of sp³-hybridized carbons (Fsp3) is 0.118.